The maximum Gasteiger partial charge on any atom is 0.267 e. The highest BCUT2D eigenvalue weighted by molar-refractivity contribution is 5.99. The van der Waals surface area contributed by atoms with Gasteiger partial charge in [0.1, 0.15) is 5.69 Å². The summed E-state index contributed by atoms with van der Waals surface area (Å²) < 4.78 is 42.0. The predicted molar refractivity (Wildman–Crippen MR) is 145 cm³/mol. The van der Waals surface area contributed by atoms with Crippen LogP contribution in [0.5, 0.6) is 0 Å². The number of halogens is 2. The fraction of sp³-hybridized carbons (Fsp3) is 0.621. The van der Waals surface area contributed by atoms with Crippen LogP contribution in [0.15, 0.2) is 30.5 Å². The first kappa shape index (κ1) is 28.0. The van der Waals surface area contributed by atoms with E-state index in [1.54, 1.807) is 19.2 Å². The Balaban J connectivity index is 1.50. The van der Waals surface area contributed by atoms with E-state index >= 15 is 8.78 Å². The standard InChI is InChI=1S/C29H39F2N5O3/c1-28(11-16-35-14-7-23(28)8-15-35)36(26(37)29(31)9-12-32-13-10-29)27-33-19-24(30)25(34-27)22-5-3-21(4-6-22)20-39-18-17-38-2/h3-6,19,23,32H,7-18,20H2,1-2H3. The molecule has 5 heterocycles. The number of fused-ring (bicyclic) bond motifs is 4. The maximum atomic E-state index is 16.3. The number of ether oxygens (including phenoxy) is 2. The summed E-state index contributed by atoms with van der Waals surface area (Å²) in [5.74, 6) is -0.945. The molecule has 4 aliphatic rings. The Hall–Kier alpha value is -2.53. The molecule has 8 nitrogen and oxygen atoms in total. The van der Waals surface area contributed by atoms with Crippen molar-refractivity contribution in [1.82, 2.24) is 20.2 Å². The van der Waals surface area contributed by atoms with Gasteiger partial charge in [0, 0.05) is 32.1 Å². The second-order valence-electron chi connectivity index (χ2n) is 11.2. The Bertz CT molecular complexity index is 1140. The number of alkyl halides is 1. The van der Waals surface area contributed by atoms with E-state index in [2.05, 4.69) is 20.2 Å². The molecule has 0 saturated carbocycles. The van der Waals surface area contributed by atoms with Crippen molar-refractivity contribution in [3.63, 3.8) is 0 Å². The van der Waals surface area contributed by atoms with Crippen LogP contribution in [0.2, 0.25) is 0 Å². The summed E-state index contributed by atoms with van der Waals surface area (Å²) in [5.41, 5.74) is -1.11. The Labute approximate surface area is 229 Å². The van der Waals surface area contributed by atoms with E-state index in [9.17, 15) is 4.79 Å². The summed E-state index contributed by atoms with van der Waals surface area (Å²) in [6.45, 7) is 7.05. The van der Waals surface area contributed by atoms with Crippen molar-refractivity contribution in [3.05, 3.63) is 41.8 Å². The lowest BCUT2D eigenvalue weighted by Gasteiger charge is -2.47. The maximum absolute atomic E-state index is 16.3. The number of amides is 1. The number of methoxy groups -OCH3 is 1. The lowest BCUT2D eigenvalue weighted by molar-refractivity contribution is -0.133. The molecule has 1 aromatic carbocycles. The number of nitrogens with zero attached hydrogens (tertiary/aromatic N) is 4. The van der Waals surface area contributed by atoms with Gasteiger partial charge < -0.3 is 19.7 Å². The van der Waals surface area contributed by atoms with Crippen molar-refractivity contribution in [2.45, 2.75) is 56.8 Å². The summed E-state index contributed by atoms with van der Waals surface area (Å²) in [7, 11) is 1.62. The molecular weight excluding hydrogens is 504 g/mol. The molecule has 0 aliphatic carbocycles. The van der Waals surface area contributed by atoms with Crippen LogP contribution < -0.4 is 10.2 Å². The van der Waals surface area contributed by atoms with Gasteiger partial charge in [0.2, 0.25) is 5.95 Å². The van der Waals surface area contributed by atoms with Crippen molar-refractivity contribution in [2.75, 3.05) is 57.9 Å². The summed E-state index contributed by atoms with van der Waals surface area (Å²) in [5, 5.41) is 3.15. The summed E-state index contributed by atoms with van der Waals surface area (Å²) in [6.07, 6.45) is 3.82. The van der Waals surface area contributed by atoms with E-state index in [-0.39, 0.29) is 30.4 Å². The van der Waals surface area contributed by atoms with Crippen molar-refractivity contribution < 1.29 is 23.0 Å². The van der Waals surface area contributed by atoms with Gasteiger partial charge in [-0.05, 0) is 63.8 Å². The lowest BCUT2D eigenvalue weighted by atomic mass is 9.76. The van der Waals surface area contributed by atoms with Crippen LogP contribution in [-0.2, 0) is 20.9 Å². The Kier molecular flexibility index (Phi) is 8.56. The molecule has 10 heteroatoms. The smallest absolute Gasteiger partial charge is 0.267 e. The molecule has 212 valence electrons. The van der Waals surface area contributed by atoms with Crippen molar-refractivity contribution in [2.24, 2.45) is 5.92 Å². The van der Waals surface area contributed by atoms with Gasteiger partial charge in [-0.1, -0.05) is 24.3 Å². The number of carbonyl (C=O) groups is 1. The molecular formula is C29H39F2N5O3. The summed E-state index contributed by atoms with van der Waals surface area (Å²) >= 11 is 0. The fourth-order valence-corrected chi connectivity index (χ4v) is 6.21. The molecule has 2 bridgehead atoms. The average molecular weight is 544 g/mol. The molecule has 1 unspecified atom stereocenters. The van der Waals surface area contributed by atoms with E-state index in [1.165, 1.54) is 4.90 Å². The van der Waals surface area contributed by atoms with Gasteiger partial charge in [-0.25, -0.2) is 18.7 Å². The van der Waals surface area contributed by atoms with Gasteiger partial charge in [0.15, 0.2) is 11.5 Å². The van der Waals surface area contributed by atoms with Crippen molar-refractivity contribution in [3.8, 4) is 11.3 Å². The summed E-state index contributed by atoms with van der Waals surface area (Å²) in [6, 6.07) is 7.28. The second-order valence-corrected chi connectivity index (χ2v) is 11.2. The SMILES string of the molecule is COCCOCc1ccc(-c2nc(N(C(=O)C3(F)CCNCC3)C3(C)CCN4CCC3CC4)ncc2F)cc1. The molecule has 4 aliphatic heterocycles. The molecule has 0 radical (unpaired) electrons. The first-order chi connectivity index (χ1) is 18.8. The Morgan fingerprint density at radius 2 is 1.85 bits per heavy atom. The third kappa shape index (κ3) is 5.84. The van der Waals surface area contributed by atoms with Crippen LogP contribution in [0.4, 0.5) is 14.7 Å². The van der Waals surface area contributed by atoms with Gasteiger partial charge in [0.25, 0.3) is 5.91 Å². The molecule has 1 atom stereocenters. The quantitative estimate of drug-likeness (QED) is 0.483. The molecule has 6 rings (SSSR count). The van der Waals surface area contributed by atoms with Gasteiger partial charge in [-0.2, -0.15) is 0 Å². The van der Waals surface area contributed by atoms with Crippen LogP contribution in [-0.4, -0.2) is 85.0 Å². The molecule has 4 fully saturated rings. The van der Waals surface area contributed by atoms with Gasteiger partial charge >= 0.3 is 0 Å². The number of aromatic nitrogens is 2. The third-order valence-electron chi connectivity index (χ3n) is 8.75. The number of benzene rings is 1. The number of anilines is 1. The number of carbonyl (C=O) groups excluding carboxylic acids is 1. The highest BCUT2D eigenvalue weighted by Gasteiger charge is 2.53. The molecule has 2 aromatic rings. The van der Waals surface area contributed by atoms with E-state index < -0.39 is 22.9 Å². The zero-order valence-corrected chi connectivity index (χ0v) is 22.9. The van der Waals surface area contributed by atoms with Crippen molar-refractivity contribution >= 4 is 11.9 Å². The molecule has 0 spiro atoms. The minimum absolute atomic E-state index is 0.0711. The highest BCUT2D eigenvalue weighted by atomic mass is 19.1. The first-order valence-electron chi connectivity index (χ1n) is 14.0. The van der Waals surface area contributed by atoms with E-state index in [0.29, 0.717) is 44.9 Å². The van der Waals surface area contributed by atoms with Gasteiger partial charge in [0.05, 0.1) is 31.6 Å². The highest BCUT2D eigenvalue weighted by Crippen LogP contribution is 2.43. The lowest BCUT2D eigenvalue weighted by Crippen LogP contribution is -2.62. The topological polar surface area (TPSA) is 79.8 Å². The number of rotatable bonds is 9. The third-order valence-corrected chi connectivity index (χ3v) is 8.75. The van der Waals surface area contributed by atoms with Crippen LogP contribution >= 0.6 is 0 Å². The minimum atomic E-state index is -2.01. The molecule has 1 N–H and O–H groups in total. The van der Waals surface area contributed by atoms with Crippen LogP contribution in [0.1, 0.15) is 44.6 Å². The fourth-order valence-electron chi connectivity index (χ4n) is 6.21. The van der Waals surface area contributed by atoms with Gasteiger partial charge in [-0.15, -0.1) is 0 Å². The zero-order chi connectivity index (χ0) is 27.5. The zero-order valence-electron chi connectivity index (χ0n) is 22.9. The van der Waals surface area contributed by atoms with Gasteiger partial charge in [-0.3, -0.25) is 9.69 Å². The Morgan fingerprint density at radius 1 is 1.13 bits per heavy atom. The average Bonchev–Trinajstić information content (AvgIpc) is 3.21. The monoisotopic (exact) mass is 543 g/mol. The predicted octanol–water partition coefficient (Wildman–Crippen LogP) is 3.74. The van der Waals surface area contributed by atoms with E-state index in [1.807, 2.05) is 19.1 Å². The number of hydrogen-bond acceptors (Lipinski definition) is 7. The summed E-state index contributed by atoms with van der Waals surface area (Å²) in [4.78, 5) is 27.0. The Morgan fingerprint density at radius 3 is 2.54 bits per heavy atom. The largest absolute Gasteiger partial charge is 0.382 e. The second kappa shape index (κ2) is 11.9. The van der Waals surface area contributed by atoms with Crippen LogP contribution in [0, 0.1) is 11.7 Å². The number of nitrogens with one attached hydrogen (secondary N) is 1. The molecule has 1 aromatic heterocycles. The normalized spacial score (nSPS) is 26.3. The van der Waals surface area contributed by atoms with Crippen molar-refractivity contribution in [1.29, 1.82) is 0 Å². The molecule has 1 amide bonds. The minimum Gasteiger partial charge on any atom is -0.382 e. The van der Waals surface area contributed by atoms with Crippen LogP contribution in [0.25, 0.3) is 11.3 Å². The number of piperidine rings is 2. The van der Waals surface area contributed by atoms with E-state index in [4.69, 9.17) is 9.47 Å². The van der Waals surface area contributed by atoms with Crippen LogP contribution in [0.3, 0.4) is 0 Å². The number of hydrogen-bond donors (Lipinski definition) is 1. The molecule has 4 saturated heterocycles. The van der Waals surface area contributed by atoms with E-state index in [0.717, 1.165) is 44.2 Å². The molecule has 39 heavy (non-hydrogen) atoms. The first-order valence-corrected chi connectivity index (χ1v) is 14.0.